The minimum atomic E-state index is -6.19. The number of rotatable bonds is 6. The van der Waals surface area contributed by atoms with Crippen LogP contribution >= 0.6 is 22.6 Å². The molecule has 3 atom stereocenters. The van der Waals surface area contributed by atoms with Gasteiger partial charge in [0.15, 0.2) is 16.3 Å². The lowest BCUT2D eigenvalue weighted by Gasteiger charge is -2.62. The van der Waals surface area contributed by atoms with Crippen molar-refractivity contribution in [2.75, 3.05) is 6.61 Å². The van der Waals surface area contributed by atoms with Gasteiger partial charge >= 0.3 is 17.2 Å². The van der Waals surface area contributed by atoms with E-state index in [1.807, 2.05) is 6.07 Å². The predicted octanol–water partition coefficient (Wildman–Crippen LogP) is 3.77. The van der Waals surface area contributed by atoms with Crippen molar-refractivity contribution < 1.29 is 49.9 Å². The SMILES string of the molecule is O=C1OC2(Oc3ccc(I)cc31)C1CC3CC2CC(C(=O)OCCC(F)C(F)(F)S(=O)(=O)[O-])(C3)C1. The van der Waals surface area contributed by atoms with Crippen LogP contribution in [0.25, 0.3) is 0 Å². The smallest absolute Gasteiger partial charge is 0.364 e. The van der Waals surface area contributed by atoms with Gasteiger partial charge in [-0.15, -0.1) is 0 Å². The second-order valence-corrected chi connectivity index (χ2v) is 12.6. The molecule has 13 heteroatoms. The summed E-state index contributed by atoms with van der Waals surface area (Å²) in [4.78, 5) is 25.9. The highest BCUT2D eigenvalue weighted by Gasteiger charge is 2.69. The first-order valence-corrected chi connectivity index (χ1v) is 13.6. The number of carbonyl (C=O) groups is 2. The van der Waals surface area contributed by atoms with Gasteiger partial charge in [-0.2, -0.15) is 8.78 Å². The maximum Gasteiger partial charge on any atom is 0.364 e. The second kappa shape index (κ2) is 8.20. The number of fused-ring (bicyclic) bond motifs is 1. The average Bonchev–Trinajstić information content (AvgIpc) is 2.76. The summed E-state index contributed by atoms with van der Waals surface area (Å²) in [7, 11) is -6.19. The zero-order chi connectivity index (χ0) is 25.4. The normalized spacial score (nSPS) is 34.2. The molecule has 5 aliphatic rings. The summed E-state index contributed by atoms with van der Waals surface area (Å²) >= 11 is 2.08. The maximum absolute atomic E-state index is 13.7. The van der Waals surface area contributed by atoms with E-state index in [1.165, 1.54) is 0 Å². The maximum atomic E-state index is 13.7. The van der Waals surface area contributed by atoms with Crippen LogP contribution in [0, 0.1) is 26.7 Å². The van der Waals surface area contributed by atoms with Crippen LogP contribution in [0.2, 0.25) is 0 Å². The van der Waals surface area contributed by atoms with E-state index in [0.29, 0.717) is 30.6 Å². The third-order valence-corrected chi connectivity index (χ3v) is 9.34. The summed E-state index contributed by atoms with van der Waals surface area (Å²) in [6.07, 6.45) is -1.99. The van der Waals surface area contributed by atoms with E-state index in [0.717, 1.165) is 3.57 Å². The first kappa shape index (κ1) is 25.1. The van der Waals surface area contributed by atoms with Gasteiger partial charge in [-0.25, -0.2) is 17.6 Å². The largest absolute Gasteiger partial charge is 0.743 e. The quantitative estimate of drug-likeness (QED) is 0.265. The first-order valence-electron chi connectivity index (χ1n) is 11.1. The fraction of sp³-hybridized carbons (Fsp3) is 0.636. The Morgan fingerprint density at radius 3 is 2.51 bits per heavy atom. The highest BCUT2D eigenvalue weighted by molar-refractivity contribution is 14.1. The number of benzene rings is 1. The van der Waals surface area contributed by atoms with Crippen LogP contribution in [-0.4, -0.2) is 48.7 Å². The molecule has 4 saturated carbocycles. The van der Waals surface area contributed by atoms with Crippen molar-refractivity contribution in [1.82, 2.24) is 0 Å². The van der Waals surface area contributed by atoms with E-state index in [-0.39, 0.29) is 30.6 Å². The molecule has 4 aliphatic carbocycles. The summed E-state index contributed by atoms with van der Waals surface area (Å²) in [5.41, 5.74) is -0.619. The van der Waals surface area contributed by atoms with Gasteiger partial charge in [-0.1, -0.05) is 0 Å². The standard InChI is InChI=1S/C22H22F3IO8S/c23-17(22(24,25)35(29,30)31)3-4-32-19(28)20-8-11-5-12(9-20)21(13(6-11)10-20)33-16-2-1-14(26)7-15(16)18(27)34-21/h1-2,7,11-13,17H,3-6,8-10H2,(H,29,30,31)/p-1. The lowest BCUT2D eigenvalue weighted by molar-refractivity contribution is -0.294. The van der Waals surface area contributed by atoms with E-state index >= 15 is 0 Å². The van der Waals surface area contributed by atoms with Gasteiger partial charge in [-0.05, 0) is 78.8 Å². The Hall–Kier alpha value is -1.61. The van der Waals surface area contributed by atoms with Crippen molar-refractivity contribution in [3.8, 4) is 5.75 Å². The summed E-state index contributed by atoms with van der Waals surface area (Å²) in [5, 5.41) is -5.11. The summed E-state index contributed by atoms with van der Waals surface area (Å²) in [6, 6.07) is 5.22. The highest BCUT2D eigenvalue weighted by atomic mass is 127. The Morgan fingerprint density at radius 2 is 1.89 bits per heavy atom. The number of ether oxygens (including phenoxy) is 3. The minimum absolute atomic E-state index is 0.148. The van der Waals surface area contributed by atoms with Crippen molar-refractivity contribution in [1.29, 1.82) is 0 Å². The second-order valence-electron chi connectivity index (χ2n) is 9.89. The van der Waals surface area contributed by atoms with Crippen LogP contribution in [0.15, 0.2) is 18.2 Å². The van der Waals surface area contributed by atoms with Gasteiger partial charge in [0.05, 0.1) is 12.0 Å². The van der Waals surface area contributed by atoms with E-state index < -0.39 is 57.7 Å². The molecule has 0 amide bonds. The third kappa shape index (κ3) is 3.92. The van der Waals surface area contributed by atoms with Gasteiger partial charge < -0.3 is 18.8 Å². The van der Waals surface area contributed by atoms with Gasteiger partial charge in [0.2, 0.25) is 0 Å². The Balaban J connectivity index is 1.30. The van der Waals surface area contributed by atoms with E-state index in [2.05, 4.69) is 22.6 Å². The molecule has 8 nitrogen and oxygen atoms in total. The molecule has 1 aromatic carbocycles. The third-order valence-electron chi connectivity index (χ3n) is 7.75. The molecule has 6 rings (SSSR count). The first-order chi connectivity index (χ1) is 16.3. The van der Waals surface area contributed by atoms with Crippen molar-refractivity contribution in [3.05, 3.63) is 27.3 Å². The minimum Gasteiger partial charge on any atom is -0.743 e. The van der Waals surface area contributed by atoms with Gasteiger partial charge in [0, 0.05) is 21.8 Å². The van der Waals surface area contributed by atoms with E-state index in [4.69, 9.17) is 14.2 Å². The molecule has 4 bridgehead atoms. The molecule has 35 heavy (non-hydrogen) atoms. The summed E-state index contributed by atoms with van der Waals surface area (Å²) in [6.45, 7) is -0.796. The van der Waals surface area contributed by atoms with Crippen LogP contribution in [0.1, 0.15) is 48.9 Å². The van der Waals surface area contributed by atoms with Crippen LogP contribution in [0.5, 0.6) is 5.75 Å². The Labute approximate surface area is 212 Å². The van der Waals surface area contributed by atoms with Gasteiger partial charge in [-0.3, -0.25) is 4.79 Å². The van der Waals surface area contributed by atoms with Crippen LogP contribution in [-0.2, 0) is 24.4 Å². The zero-order valence-corrected chi connectivity index (χ0v) is 21.2. The van der Waals surface area contributed by atoms with Crippen LogP contribution < -0.4 is 4.74 Å². The molecule has 0 radical (unpaired) electrons. The monoisotopic (exact) mass is 629 g/mol. The number of esters is 2. The lowest BCUT2D eigenvalue weighted by atomic mass is 9.47. The Morgan fingerprint density at radius 1 is 1.23 bits per heavy atom. The fourth-order valence-electron chi connectivity index (χ4n) is 6.39. The molecule has 0 saturated heterocycles. The Bertz CT molecular complexity index is 1170. The number of alkyl halides is 3. The molecule has 3 unspecified atom stereocenters. The molecular formula is C22H21F3IO8S-. The zero-order valence-electron chi connectivity index (χ0n) is 18.2. The molecule has 1 aromatic rings. The van der Waals surface area contributed by atoms with Crippen molar-refractivity contribution >= 4 is 44.6 Å². The van der Waals surface area contributed by atoms with Gasteiger partial charge in [0.25, 0.3) is 5.79 Å². The van der Waals surface area contributed by atoms with Crippen LogP contribution in [0.3, 0.4) is 0 Å². The molecule has 0 N–H and O–H groups in total. The molecule has 4 fully saturated rings. The topological polar surface area (TPSA) is 119 Å². The molecule has 192 valence electrons. The fourth-order valence-corrected chi connectivity index (χ4v) is 7.31. The van der Waals surface area contributed by atoms with Crippen molar-refractivity contribution in [3.63, 3.8) is 0 Å². The highest BCUT2D eigenvalue weighted by Crippen LogP contribution is 2.66. The van der Waals surface area contributed by atoms with E-state index in [1.54, 1.807) is 12.1 Å². The summed E-state index contributed by atoms with van der Waals surface area (Å²) in [5.74, 6) is -2.39. The number of halogens is 4. The number of hydrogen-bond donors (Lipinski definition) is 0. The van der Waals surface area contributed by atoms with E-state index in [9.17, 15) is 35.7 Å². The molecule has 1 aliphatic heterocycles. The molecule has 1 heterocycles. The molecule has 0 aromatic heterocycles. The van der Waals surface area contributed by atoms with Crippen molar-refractivity contribution in [2.24, 2.45) is 23.2 Å². The van der Waals surface area contributed by atoms with Crippen molar-refractivity contribution in [2.45, 2.75) is 55.7 Å². The molecule has 1 spiro atoms. The average molecular weight is 629 g/mol. The summed E-state index contributed by atoms with van der Waals surface area (Å²) < 4.78 is 90.4. The lowest BCUT2D eigenvalue weighted by Crippen LogP contribution is -2.67. The number of hydrogen-bond acceptors (Lipinski definition) is 8. The molecular weight excluding hydrogens is 608 g/mol. The van der Waals surface area contributed by atoms with Gasteiger partial charge in [0.1, 0.15) is 11.3 Å². The Kier molecular flexibility index (Phi) is 5.87. The van der Waals surface area contributed by atoms with Crippen LogP contribution in [0.4, 0.5) is 13.2 Å². The number of carbonyl (C=O) groups excluding carboxylic acids is 2. The predicted molar refractivity (Wildman–Crippen MR) is 119 cm³/mol.